The monoisotopic (exact) mass is 211 g/mol. The molecule has 2 rings (SSSR count). The van der Waals surface area contributed by atoms with Crippen LogP contribution in [0.5, 0.6) is 0 Å². The van der Waals surface area contributed by atoms with E-state index >= 15 is 0 Å². The highest BCUT2D eigenvalue weighted by Crippen LogP contribution is 2.21. The third kappa shape index (κ3) is 1.65. The summed E-state index contributed by atoms with van der Waals surface area (Å²) in [7, 11) is 0. The molecule has 1 aromatic carbocycles. The van der Waals surface area contributed by atoms with Crippen LogP contribution in [0.1, 0.15) is 11.6 Å². The van der Waals surface area contributed by atoms with Gasteiger partial charge in [-0.3, -0.25) is 0 Å². The number of hydrogen-bond acceptors (Lipinski definition) is 2. The van der Waals surface area contributed by atoms with Gasteiger partial charge in [-0.2, -0.15) is 4.99 Å². The number of aliphatic imine (C=N–C) groups is 1. The van der Waals surface area contributed by atoms with Crippen molar-refractivity contribution in [3.8, 4) is 0 Å². The van der Waals surface area contributed by atoms with Crippen molar-refractivity contribution >= 4 is 11.9 Å². The number of carbonyl (C=O) groups excluding carboxylic acids is 1. The highest BCUT2D eigenvalue weighted by Gasteiger charge is 2.27. The van der Waals surface area contributed by atoms with Gasteiger partial charge in [-0.1, -0.05) is 0 Å². The molecule has 1 unspecified atom stereocenters. The molecule has 0 bridgehead atoms. The summed E-state index contributed by atoms with van der Waals surface area (Å²) >= 11 is 0. The minimum absolute atomic E-state index is 0.0258. The Bertz CT molecular complexity index is 459. The molecule has 0 aromatic heterocycles. The summed E-state index contributed by atoms with van der Waals surface area (Å²) in [5.74, 6) is -1.30. The van der Waals surface area contributed by atoms with Crippen molar-refractivity contribution in [2.45, 2.75) is 6.04 Å². The predicted molar refractivity (Wildman–Crippen MR) is 49.3 cm³/mol. The summed E-state index contributed by atoms with van der Waals surface area (Å²) in [5.41, 5.74) is 5.37. The second-order valence-corrected chi connectivity index (χ2v) is 3.09. The zero-order chi connectivity index (χ0) is 11.0. The molecular weight excluding hydrogens is 204 g/mol. The van der Waals surface area contributed by atoms with Gasteiger partial charge in [0, 0.05) is 5.56 Å². The normalized spacial score (nSPS) is 20.0. The third-order valence-corrected chi connectivity index (χ3v) is 2.06. The van der Waals surface area contributed by atoms with E-state index in [4.69, 9.17) is 5.73 Å². The first-order valence-corrected chi connectivity index (χ1v) is 4.17. The van der Waals surface area contributed by atoms with Crippen molar-refractivity contribution in [3.63, 3.8) is 0 Å². The molecule has 0 aliphatic carbocycles. The minimum Gasteiger partial charge on any atom is -0.385 e. The smallest absolute Gasteiger partial charge is 0.343 e. The average molecular weight is 211 g/mol. The molecule has 15 heavy (non-hydrogen) atoms. The third-order valence-electron chi connectivity index (χ3n) is 2.06. The van der Waals surface area contributed by atoms with Crippen molar-refractivity contribution in [2.24, 2.45) is 10.7 Å². The maximum absolute atomic E-state index is 13.3. The van der Waals surface area contributed by atoms with Crippen molar-refractivity contribution in [3.05, 3.63) is 35.4 Å². The Labute approximate surface area is 83.8 Å². The van der Waals surface area contributed by atoms with E-state index < -0.39 is 23.7 Å². The fourth-order valence-electron chi connectivity index (χ4n) is 1.38. The lowest BCUT2D eigenvalue weighted by Crippen LogP contribution is -2.28. The van der Waals surface area contributed by atoms with Crippen molar-refractivity contribution in [1.29, 1.82) is 0 Å². The van der Waals surface area contributed by atoms with E-state index in [0.29, 0.717) is 0 Å². The number of carbonyl (C=O) groups is 1. The predicted octanol–water partition coefficient (Wildman–Crippen LogP) is 1.09. The lowest BCUT2D eigenvalue weighted by Gasteiger charge is -2.11. The van der Waals surface area contributed by atoms with Gasteiger partial charge in [0.1, 0.15) is 23.5 Å². The van der Waals surface area contributed by atoms with Crippen LogP contribution in [-0.4, -0.2) is 11.9 Å². The van der Waals surface area contributed by atoms with Gasteiger partial charge in [0.2, 0.25) is 0 Å². The van der Waals surface area contributed by atoms with Gasteiger partial charge in [-0.25, -0.2) is 13.6 Å². The standard InChI is InChI=1S/C9H7F2N3O/c10-4-1-2-6(11)5(3-4)7-8(12)14-9(15)13-7/h1-3,7H,(H3,12,13,14,15). The molecule has 78 valence electrons. The van der Waals surface area contributed by atoms with Crippen LogP contribution in [0, 0.1) is 11.6 Å². The number of amides is 2. The van der Waals surface area contributed by atoms with E-state index in [1.807, 2.05) is 0 Å². The molecule has 1 aliphatic heterocycles. The average Bonchev–Trinajstić information content (AvgIpc) is 2.50. The number of rotatable bonds is 1. The molecule has 0 fully saturated rings. The van der Waals surface area contributed by atoms with E-state index in [0.717, 1.165) is 18.2 Å². The Morgan fingerprint density at radius 2 is 2.13 bits per heavy atom. The first-order valence-electron chi connectivity index (χ1n) is 4.17. The van der Waals surface area contributed by atoms with Crippen LogP contribution in [0.4, 0.5) is 13.6 Å². The molecule has 1 aromatic rings. The molecule has 1 aliphatic rings. The second-order valence-electron chi connectivity index (χ2n) is 3.09. The van der Waals surface area contributed by atoms with Gasteiger partial charge < -0.3 is 11.1 Å². The van der Waals surface area contributed by atoms with E-state index in [2.05, 4.69) is 10.3 Å². The summed E-state index contributed by atoms with van der Waals surface area (Å²) in [4.78, 5) is 14.2. The summed E-state index contributed by atoms with van der Waals surface area (Å²) in [6, 6.07) is 1.41. The Hall–Kier alpha value is -1.98. The Kier molecular flexibility index (Phi) is 2.11. The van der Waals surface area contributed by atoms with Crippen LogP contribution in [0.15, 0.2) is 23.2 Å². The van der Waals surface area contributed by atoms with Gasteiger partial charge in [0.05, 0.1) is 0 Å². The molecule has 3 N–H and O–H groups in total. The van der Waals surface area contributed by atoms with Gasteiger partial charge in [0.15, 0.2) is 0 Å². The summed E-state index contributed by atoms with van der Waals surface area (Å²) in [6.45, 7) is 0. The fourth-order valence-corrected chi connectivity index (χ4v) is 1.38. The number of nitrogens with zero attached hydrogens (tertiary/aromatic N) is 1. The molecule has 0 spiro atoms. The number of halogens is 2. The van der Waals surface area contributed by atoms with Crippen molar-refractivity contribution in [1.82, 2.24) is 5.32 Å². The first kappa shape index (κ1) is 9.57. The van der Waals surface area contributed by atoms with Crippen LogP contribution in [0.2, 0.25) is 0 Å². The van der Waals surface area contributed by atoms with E-state index in [-0.39, 0.29) is 11.4 Å². The number of urea groups is 1. The van der Waals surface area contributed by atoms with Gasteiger partial charge >= 0.3 is 6.03 Å². The molecule has 6 heteroatoms. The molecule has 4 nitrogen and oxygen atoms in total. The van der Waals surface area contributed by atoms with Crippen molar-refractivity contribution in [2.75, 3.05) is 0 Å². The fraction of sp³-hybridized carbons (Fsp3) is 0.111. The topological polar surface area (TPSA) is 67.5 Å². The van der Waals surface area contributed by atoms with E-state index in [1.165, 1.54) is 0 Å². The summed E-state index contributed by atoms with van der Waals surface area (Å²) in [5, 5.41) is 2.31. The van der Waals surface area contributed by atoms with E-state index in [1.54, 1.807) is 0 Å². The van der Waals surface area contributed by atoms with Gasteiger partial charge in [0.25, 0.3) is 0 Å². The zero-order valence-corrected chi connectivity index (χ0v) is 7.50. The van der Waals surface area contributed by atoms with E-state index in [9.17, 15) is 13.6 Å². The minimum atomic E-state index is -0.881. The van der Waals surface area contributed by atoms with Crippen LogP contribution < -0.4 is 11.1 Å². The lowest BCUT2D eigenvalue weighted by atomic mass is 10.1. The largest absolute Gasteiger partial charge is 0.385 e. The van der Waals surface area contributed by atoms with Crippen LogP contribution in [-0.2, 0) is 0 Å². The quantitative estimate of drug-likeness (QED) is 0.730. The Morgan fingerprint density at radius 1 is 1.40 bits per heavy atom. The second kappa shape index (κ2) is 3.30. The van der Waals surface area contributed by atoms with Crippen LogP contribution >= 0.6 is 0 Å². The highest BCUT2D eigenvalue weighted by atomic mass is 19.1. The molecule has 1 atom stereocenters. The number of nitrogens with two attached hydrogens (primary N) is 1. The van der Waals surface area contributed by atoms with Crippen LogP contribution in [0.3, 0.4) is 0 Å². The first-order chi connectivity index (χ1) is 7.08. The van der Waals surface area contributed by atoms with Gasteiger partial charge in [-0.15, -0.1) is 0 Å². The SMILES string of the molecule is NC1=NC(=O)NC1c1cc(F)ccc1F. The summed E-state index contributed by atoms with van der Waals surface area (Å²) in [6.07, 6.45) is 0. The molecular formula is C9H7F2N3O. The van der Waals surface area contributed by atoms with Crippen molar-refractivity contribution < 1.29 is 13.6 Å². The number of hydrogen-bond donors (Lipinski definition) is 2. The highest BCUT2D eigenvalue weighted by molar-refractivity contribution is 6.03. The zero-order valence-electron chi connectivity index (χ0n) is 7.50. The molecule has 0 saturated carbocycles. The Balaban J connectivity index is 2.42. The molecule has 2 amide bonds. The maximum atomic E-state index is 13.3. The van der Waals surface area contributed by atoms with Gasteiger partial charge in [-0.05, 0) is 18.2 Å². The molecule has 1 heterocycles. The lowest BCUT2D eigenvalue weighted by molar-refractivity contribution is 0.250. The number of nitrogens with one attached hydrogen (secondary N) is 1. The Morgan fingerprint density at radius 3 is 2.73 bits per heavy atom. The number of benzene rings is 1. The number of amidine groups is 1. The molecule has 0 radical (unpaired) electrons. The maximum Gasteiger partial charge on any atom is 0.343 e. The summed E-state index contributed by atoms with van der Waals surface area (Å²) < 4.78 is 26.2. The molecule has 0 saturated heterocycles. The van der Waals surface area contributed by atoms with Crippen LogP contribution in [0.25, 0.3) is 0 Å².